The van der Waals surface area contributed by atoms with Crippen molar-refractivity contribution in [3.63, 3.8) is 0 Å². The molecule has 0 saturated heterocycles. The minimum atomic E-state index is -0.177. The summed E-state index contributed by atoms with van der Waals surface area (Å²) in [7, 11) is 0. The molecule has 1 amide bonds. The SMILES string of the molecule is CC(C)n1cnnc1-c1cccc(NC(=O)c2cc3ccccc3[nH]2)c1. The van der Waals surface area contributed by atoms with E-state index in [2.05, 4.69) is 34.3 Å². The van der Waals surface area contributed by atoms with Crippen LogP contribution >= 0.6 is 0 Å². The second kappa shape index (κ2) is 6.48. The third-order valence-corrected chi connectivity index (χ3v) is 4.28. The third-order valence-electron chi connectivity index (χ3n) is 4.28. The van der Waals surface area contributed by atoms with Crippen LogP contribution in [0.15, 0.2) is 60.9 Å². The highest BCUT2D eigenvalue weighted by molar-refractivity contribution is 6.06. The first-order valence-electron chi connectivity index (χ1n) is 8.51. The fraction of sp³-hybridized carbons (Fsp3) is 0.150. The van der Waals surface area contributed by atoms with Gasteiger partial charge < -0.3 is 14.9 Å². The summed E-state index contributed by atoms with van der Waals surface area (Å²) in [4.78, 5) is 15.7. The lowest BCUT2D eigenvalue weighted by Crippen LogP contribution is -2.12. The van der Waals surface area contributed by atoms with Crippen molar-refractivity contribution in [2.75, 3.05) is 5.32 Å². The molecule has 0 radical (unpaired) electrons. The minimum absolute atomic E-state index is 0.177. The predicted molar refractivity (Wildman–Crippen MR) is 102 cm³/mol. The number of nitrogens with one attached hydrogen (secondary N) is 2. The monoisotopic (exact) mass is 345 g/mol. The molecule has 2 heterocycles. The van der Waals surface area contributed by atoms with E-state index in [4.69, 9.17) is 0 Å². The highest BCUT2D eigenvalue weighted by Gasteiger charge is 2.13. The Morgan fingerprint density at radius 3 is 2.77 bits per heavy atom. The van der Waals surface area contributed by atoms with Crippen LogP contribution in [0.2, 0.25) is 0 Å². The Morgan fingerprint density at radius 1 is 1.12 bits per heavy atom. The van der Waals surface area contributed by atoms with Gasteiger partial charge in [-0.2, -0.15) is 0 Å². The molecule has 0 aliphatic carbocycles. The zero-order valence-corrected chi connectivity index (χ0v) is 14.6. The van der Waals surface area contributed by atoms with Gasteiger partial charge in [0.05, 0.1) is 0 Å². The molecule has 0 fully saturated rings. The molecule has 130 valence electrons. The highest BCUT2D eigenvalue weighted by Crippen LogP contribution is 2.23. The van der Waals surface area contributed by atoms with Gasteiger partial charge >= 0.3 is 0 Å². The maximum atomic E-state index is 12.6. The Bertz CT molecular complexity index is 1040. The number of fused-ring (bicyclic) bond motifs is 1. The Morgan fingerprint density at radius 2 is 1.96 bits per heavy atom. The van der Waals surface area contributed by atoms with Crippen molar-refractivity contribution < 1.29 is 4.79 Å². The van der Waals surface area contributed by atoms with E-state index in [1.807, 2.05) is 59.2 Å². The average Bonchev–Trinajstić information content (AvgIpc) is 3.29. The van der Waals surface area contributed by atoms with Gasteiger partial charge in [0.25, 0.3) is 5.91 Å². The first-order valence-corrected chi connectivity index (χ1v) is 8.51. The van der Waals surface area contributed by atoms with Gasteiger partial charge in [0, 0.05) is 28.2 Å². The van der Waals surface area contributed by atoms with E-state index in [9.17, 15) is 4.79 Å². The van der Waals surface area contributed by atoms with Gasteiger partial charge in [-0.15, -0.1) is 10.2 Å². The van der Waals surface area contributed by atoms with E-state index in [1.165, 1.54) is 0 Å². The first kappa shape index (κ1) is 16.1. The molecular formula is C20H19N5O. The molecule has 2 N–H and O–H groups in total. The van der Waals surface area contributed by atoms with E-state index >= 15 is 0 Å². The second-order valence-electron chi connectivity index (χ2n) is 6.46. The number of rotatable bonds is 4. The van der Waals surface area contributed by atoms with Gasteiger partial charge in [0.2, 0.25) is 0 Å². The number of para-hydroxylation sites is 1. The van der Waals surface area contributed by atoms with Gasteiger partial charge in [-0.1, -0.05) is 30.3 Å². The molecule has 6 nitrogen and oxygen atoms in total. The lowest BCUT2D eigenvalue weighted by atomic mass is 10.1. The van der Waals surface area contributed by atoms with Crippen LogP contribution < -0.4 is 5.32 Å². The Hall–Kier alpha value is -3.41. The Labute approximate surface area is 150 Å². The van der Waals surface area contributed by atoms with E-state index in [-0.39, 0.29) is 11.9 Å². The number of benzene rings is 2. The lowest BCUT2D eigenvalue weighted by Gasteiger charge is -2.11. The summed E-state index contributed by atoms with van der Waals surface area (Å²) >= 11 is 0. The van der Waals surface area contributed by atoms with E-state index < -0.39 is 0 Å². The van der Waals surface area contributed by atoms with Crippen LogP contribution in [-0.2, 0) is 0 Å². The molecule has 0 unspecified atom stereocenters. The predicted octanol–water partition coefficient (Wildman–Crippen LogP) is 4.26. The zero-order chi connectivity index (χ0) is 18.1. The van der Waals surface area contributed by atoms with Crippen LogP contribution in [0.1, 0.15) is 30.4 Å². The van der Waals surface area contributed by atoms with Crippen LogP contribution in [0.4, 0.5) is 5.69 Å². The van der Waals surface area contributed by atoms with Crippen LogP contribution in [0, 0.1) is 0 Å². The van der Waals surface area contributed by atoms with E-state index in [0.717, 1.165) is 22.3 Å². The number of hydrogen-bond acceptors (Lipinski definition) is 3. The smallest absolute Gasteiger partial charge is 0.272 e. The average molecular weight is 345 g/mol. The van der Waals surface area contributed by atoms with Gasteiger partial charge in [-0.25, -0.2) is 0 Å². The maximum absolute atomic E-state index is 12.6. The zero-order valence-electron chi connectivity index (χ0n) is 14.6. The molecule has 2 aromatic carbocycles. The fourth-order valence-electron chi connectivity index (χ4n) is 2.96. The van der Waals surface area contributed by atoms with Gasteiger partial charge in [0.15, 0.2) is 5.82 Å². The van der Waals surface area contributed by atoms with Crippen molar-refractivity contribution in [3.05, 3.63) is 66.6 Å². The number of carbonyl (C=O) groups excluding carboxylic acids is 1. The van der Waals surface area contributed by atoms with Gasteiger partial charge in [-0.3, -0.25) is 4.79 Å². The number of amides is 1. The van der Waals surface area contributed by atoms with Crippen molar-refractivity contribution in [2.24, 2.45) is 0 Å². The normalized spacial score (nSPS) is 11.2. The summed E-state index contributed by atoms with van der Waals surface area (Å²) < 4.78 is 2.00. The van der Waals surface area contributed by atoms with Crippen molar-refractivity contribution >= 4 is 22.5 Å². The van der Waals surface area contributed by atoms with Crippen LogP contribution in [0.5, 0.6) is 0 Å². The van der Waals surface area contributed by atoms with Crippen LogP contribution in [-0.4, -0.2) is 25.7 Å². The van der Waals surface area contributed by atoms with Gasteiger partial charge in [0.1, 0.15) is 12.0 Å². The lowest BCUT2D eigenvalue weighted by molar-refractivity contribution is 0.102. The molecule has 0 atom stereocenters. The summed E-state index contributed by atoms with van der Waals surface area (Å²) in [6.07, 6.45) is 1.72. The standard InChI is InChI=1S/C20H19N5O/c1-13(2)25-12-21-24-19(25)15-7-5-8-16(10-15)22-20(26)18-11-14-6-3-4-9-17(14)23-18/h3-13,23H,1-2H3,(H,22,26). The second-order valence-corrected chi connectivity index (χ2v) is 6.46. The molecule has 4 rings (SSSR count). The fourth-order valence-corrected chi connectivity index (χ4v) is 2.96. The van der Waals surface area contributed by atoms with Crippen molar-refractivity contribution in [2.45, 2.75) is 19.9 Å². The summed E-state index contributed by atoms with van der Waals surface area (Å²) in [6.45, 7) is 4.16. The molecule has 6 heteroatoms. The molecule has 0 aliphatic heterocycles. The minimum Gasteiger partial charge on any atom is -0.351 e. The number of H-pyrrole nitrogens is 1. The topological polar surface area (TPSA) is 75.6 Å². The maximum Gasteiger partial charge on any atom is 0.272 e. The molecular weight excluding hydrogens is 326 g/mol. The third kappa shape index (κ3) is 2.97. The van der Waals surface area contributed by atoms with Crippen molar-refractivity contribution in [1.29, 1.82) is 0 Å². The Kier molecular flexibility index (Phi) is 4.01. The number of hydrogen-bond donors (Lipinski definition) is 2. The number of anilines is 1. The van der Waals surface area contributed by atoms with Crippen LogP contribution in [0.3, 0.4) is 0 Å². The molecule has 2 aromatic heterocycles. The van der Waals surface area contributed by atoms with E-state index in [0.29, 0.717) is 11.4 Å². The first-order chi connectivity index (χ1) is 12.6. The highest BCUT2D eigenvalue weighted by atomic mass is 16.1. The summed E-state index contributed by atoms with van der Waals surface area (Å²) in [5, 5.41) is 12.2. The molecule has 0 aliphatic rings. The largest absolute Gasteiger partial charge is 0.351 e. The number of aromatic amines is 1. The summed E-state index contributed by atoms with van der Waals surface area (Å²) in [6, 6.07) is 17.5. The molecule has 0 saturated carbocycles. The number of carbonyl (C=O) groups is 1. The van der Waals surface area contributed by atoms with E-state index in [1.54, 1.807) is 6.33 Å². The summed E-state index contributed by atoms with van der Waals surface area (Å²) in [5.41, 5.74) is 3.09. The molecule has 4 aromatic rings. The Balaban J connectivity index is 1.60. The molecule has 0 spiro atoms. The van der Waals surface area contributed by atoms with Crippen LogP contribution in [0.25, 0.3) is 22.3 Å². The summed E-state index contributed by atoms with van der Waals surface area (Å²) in [5.74, 6) is 0.602. The number of aromatic nitrogens is 4. The molecule has 0 bridgehead atoms. The quantitative estimate of drug-likeness (QED) is 0.580. The van der Waals surface area contributed by atoms with Gasteiger partial charge in [-0.05, 0) is 38.1 Å². The van der Waals surface area contributed by atoms with Crippen molar-refractivity contribution in [1.82, 2.24) is 19.7 Å². The number of nitrogens with zero attached hydrogens (tertiary/aromatic N) is 3. The molecule has 26 heavy (non-hydrogen) atoms. The van der Waals surface area contributed by atoms with Crippen molar-refractivity contribution in [3.8, 4) is 11.4 Å².